The van der Waals surface area contributed by atoms with Gasteiger partial charge in [0.1, 0.15) is 5.03 Å². The Labute approximate surface area is 135 Å². The van der Waals surface area contributed by atoms with Crippen LogP contribution in [0.3, 0.4) is 0 Å². The van der Waals surface area contributed by atoms with Gasteiger partial charge in [0.05, 0.1) is 11.4 Å². The molecule has 1 aromatic carbocycles. The van der Waals surface area contributed by atoms with Gasteiger partial charge in [0, 0.05) is 18.1 Å². The van der Waals surface area contributed by atoms with Crippen LogP contribution in [0, 0.1) is 5.92 Å². The second-order valence-electron chi connectivity index (χ2n) is 5.91. The fourth-order valence-electron chi connectivity index (χ4n) is 1.87. The van der Waals surface area contributed by atoms with Crippen molar-refractivity contribution >= 4 is 28.4 Å². The van der Waals surface area contributed by atoms with Crippen LogP contribution in [0.15, 0.2) is 41.6 Å². The smallest absolute Gasteiger partial charge is 0.230 e. The SMILES string of the molecule is CC(C)C(C)(O)CNC(=O)CSc1nccc2ccccc12. The van der Waals surface area contributed by atoms with Crippen LogP contribution in [0.1, 0.15) is 20.8 Å². The molecule has 1 heterocycles. The van der Waals surface area contributed by atoms with Crippen LogP contribution in [-0.4, -0.2) is 33.9 Å². The van der Waals surface area contributed by atoms with Crippen LogP contribution in [-0.2, 0) is 4.79 Å². The predicted molar refractivity (Wildman–Crippen MR) is 90.9 cm³/mol. The van der Waals surface area contributed by atoms with Gasteiger partial charge in [-0.3, -0.25) is 4.79 Å². The number of pyridine rings is 1. The molecule has 0 aliphatic heterocycles. The molecule has 22 heavy (non-hydrogen) atoms. The van der Waals surface area contributed by atoms with Crippen molar-refractivity contribution in [3.8, 4) is 0 Å². The van der Waals surface area contributed by atoms with Crippen molar-refractivity contribution in [3.05, 3.63) is 36.5 Å². The Hall–Kier alpha value is -1.59. The molecule has 0 fully saturated rings. The maximum absolute atomic E-state index is 12.0. The minimum atomic E-state index is -0.891. The lowest BCUT2D eigenvalue weighted by molar-refractivity contribution is -0.120. The third-order valence-corrected chi connectivity index (χ3v) is 4.87. The second kappa shape index (κ2) is 7.11. The highest BCUT2D eigenvalue weighted by Gasteiger charge is 2.25. The molecule has 2 N–H and O–H groups in total. The molecule has 0 saturated heterocycles. The van der Waals surface area contributed by atoms with Crippen molar-refractivity contribution in [2.24, 2.45) is 5.92 Å². The summed E-state index contributed by atoms with van der Waals surface area (Å²) in [6, 6.07) is 9.94. The van der Waals surface area contributed by atoms with Crippen LogP contribution < -0.4 is 5.32 Å². The van der Waals surface area contributed by atoms with Crippen LogP contribution in [0.25, 0.3) is 10.8 Å². The number of carbonyl (C=O) groups excluding carboxylic acids is 1. The Morgan fingerprint density at radius 3 is 2.82 bits per heavy atom. The van der Waals surface area contributed by atoms with E-state index in [9.17, 15) is 9.90 Å². The van der Waals surface area contributed by atoms with Gasteiger partial charge in [0.2, 0.25) is 5.91 Å². The molecule has 1 unspecified atom stereocenters. The fraction of sp³-hybridized carbons (Fsp3) is 0.412. The summed E-state index contributed by atoms with van der Waals surface area (Å²) in [7, 11) is 0. The number of aliphatic hydroxyl groups is 1. The molecular formula is C17H22N2O2S. The number of rotatable bonds is 6. The molecule has 1 aromatic heterocycles. The summed E-state index contributed by atoms with van der Waals surface area (Å²) in [5, 5.41) is 15.9. The van der Waals surface area contributed by atoms with Gasteiger partial charge in [-0.25, -0.2) is 4.98 Å². The number of hydrogen-bond donors (Lipinski definition) is 2. The second-order valence-corrected chi connectivity index (χ2v) is 6.88. The van der Waals surface area contributed by atoms with Crippen molar-refractivity contribution in [1.82, 2.24) is 10.3 Å². The minimum absolute atomic E-state index is 0.0835. The zero-order valence-corrected chi connectivity index (χ0v) is 14.0. The van der Waals surface area contributed by atoms with Crippen molar-refractivity contribution < 1.29 is 9.90 Å². The first-order valence-electron chi connectivity index (χ1n) is 7.36. The summed E-state index contributed by atoms with van der Waals surface area (Å²) in [5.41, 5.74) is -0.891. The molecule has 118 valence electrons. The van der Waals surface area contributed by atoms with Gasteiger partial charge >= 0.3 is 0 Å². The Bertz CT molecular complexity index is 651. The number of aromatic nitrogens is 1. The van der Waals surface area contributed by atoms with E-state index in [1.807, 2.05) is 44.2 Å². The Morgan fingerprint density at radius 1 is 1.36 bits per heavy atom. The monoisotopic (exact) mass is 318 g/mol. The Morgan fingerprint density at radius 2 is 2.09 bits per heavy atom. The number of hydrogen-bond acceptors (Lipinski definition) is 4. The van der Waals surface area contributed by atoms with Crippen LogP contribution in [0.2, 0.25) is 0 Å². The maximum atomic E-state index is 12.0. The summed E-state index contributed by atoms with van der Waals surface area (Å²) in [5.74, 6) is 0.274. The van der Waals surface area contributed by atoms with E-state index in [0.29, 0.717) is 0 Å². The zero-order chi connectivity index (χ0) is 16.2. The first-order valence-corrected chi connectivity index (χ1v) is 8.34. The molecule has 0 bridgehead atoms. The van der Waals surface area contributed by atoms with Crippen LogP contribution in [0.4, 0.5) is 0 Å². The van der Waals surface area contributed by atoms with Gasteiger partial charge in [0.15, 0.2) is 0 Å². The van der Waals surface area contributed by atoms with Gasteiger partial charge in [-0.05, 0) is 24.3 Å². The fourth-order valence-corrected chi connectivity index (χ4v) is 2.72. The van der Waals surface area contributed by atoms with Crippen molar-refractivity contribution in [1.29, 1.82) is 0 Å². The molecule has 0 aliphatic rings. The standard InChI is InChI=1S/C17H22N2O2S/c1-12(2)17(3,21)11-19-15(20)10-22-16-14-7-5-4-6-13(14)8-9-18-16/h4-9,12,21H,10-11H2,1-3H3,(H,19,20). The average Bonchev–Trinajstić information content (AvgIpc) is 2.50. The molecule has 4 nitrogen and oxygen atoms in total. The Balaban J connectivity index is 1.93. The minimum Gasteiger partial charge on any atom is -0.388 e. The number of carbonyl (C=O) groups is 1. The number of benzene rings is 1. The number of amides is 1. The van der Waals surface area contributed by atoms with E-state index >= 15 is 0 Å². The van der Waals surface area contributed by atoms with E-state index in [1.54, 1.807) is 13.1 Å². The number of nitrogens with zero attached hydrogens (tertiary/aromatic N) is 1. The van der Waals surface area contributed by atoms with E-state index < -0.39 is 5.60 Å². The molecule has 1 atom stereocenters. The summed E-state index contributed by atoms with van der Waals surface area (Å²) < 4.78 is 0. The number of thioether (sulfide) groups is 1. The van der Waals surface area contributed by atoms with Gasteiger partial charge in [-0.15, -0.1) is 0 Å². The lowest BCUT2D eigenvalue weighted by Crippen LogP contribution is -2.44. The highest BCUT2D eigenvalue weighted by Crippen LogP contribution is 2.25. The summed E-state index contributed by atoms with van der Waals surface area (Å²) in [6.45, 7) is 5.85. The molecular weight excluding hydrogens is 296 g/mol. The summed E-state index contributed by atoms with van der Waals surface area (Å²) in [6.07, 6.45) is 1.76. The topological polar surface area (TPSA) is 62.2 Å². The van der Waals surface area contributed by atoms with Crippen molar-refractivity contribution in [2.75, 3.05) is 12.3 Å². The molecule has 2 aromatic rings. The molecule has 0 aliphatic carbocycles. The van der Waals surface area contributed by atoms with Gasteiger partial charge in [-0.2, -0.15) is 0 Å². The highest BCUT2D eigenvalue weighted by atomic mass is 32.2. The van der Waals surface area contributed by atoms with Gasteiger partial charge in [0.25, 0.3) is 0 Å². The van der Waals surface area contributed by atoms with Crippen LogP contribution in [0.5, 0.6) is 0 Å². The van der Waals surface area contributed by atoms with E-state index in [1.165, 1.54) is 11.8 Å². The lowest BCUT2D eigenvalue weighted by Gasteiger charge is -2.27. The molecule has 1 amide bonds. The first-order chi connectivity index (χ1) is 10.4. The van der Waals surface area contributed by atoms with Crippen molar-refractivity contribution in [2.45, 2.75) is 31.4 Å². The van der Waals surface area contributed by atoms with E-state index in [0.717, 1.165) is 15.8 Å². The van der Waals surface area contributed by atoms with E-state index in [4.69, 9.17) is 0 Å². The molecule has 0 radical (unpaired) electrons. The third-order valence-electron chi connectivity index (χ3n) is 3.86. The first kappa shape index (κ1) is 16.8. The van der Waals surface area contributed by atoms with Crippen LogP contribution >= 0.6 is 11.8 Å². The van der Waals surface area contributed by atoms with E-state index in [-0.39, 0.29) is 24.1 Å². The third kappa shape index (κ3) is 4.21. The normalized spacial score (nSPS) is 14.0. The maximum Gasteiger partial charge on any atom is 0.230 e. The highest BCUT2D eigenvalue weighted by molar-refractivity contribution is 8.00. The number of nitrogens with one attached hydrogen (secondary N) is 1. The summed E-state index contributed by atoms with van der Waals surface area (Å²) >= 11 is 1.41. The largest absolute Gasteiger partial charge is 0.388 e. The predicted octanol–water partition coefficient (Wildman–Crippen LogP) is 2.85. The number of fused-ring (bicyclic) bond motifs is 1. The van der Waals surface area contributed by atoms with Gasteiger partial charge < -0.3 is 10.4 Å². The van der Waals surface area contributed by atoms with Crippen molar-refractivity contribution in [3.63, 3.8) is 0 Å². The van der Waals surface area contributed by atoms with Gasteiger partial charge in [-0.1, -0.05) is 49.9 Å². The molecule has 0 spiro atoms. The quantitative estimate of drug-likeness (QED) is 0.804. The Kier molecular flexibility index (Phi) is 5.42. The average molecular weight is 318 g/mol. The summed E-state index contributed by atoms with van der Waals surface area (Å²) in [4.78, 5) is 16.3. The lowest BCUT2D eigenvalue weighted by atomic mass is 9.93. The molecule has 2 rings (SSSR count). The zero-order valence-electron chi connectivity index (χ0n) is 13.2. The molecule has 5 heteroatoms. The molecule has 0 saturated carbocycles. The van der Waals surface area contributed by atoms with E-state index in [2.05, 4.69) is 10.3 Å².